The summed E-state index contributed by atoms with van der Waals surface area (Å²) in [5, 5.41) is 0. The molecule has 1 radical (unpaired) electrons. The fourth-order valence-corrected chi connectivity index (χ4v) is 1.64. The van der Waals surface area contributed by atoms with Crippen molar-refractivity contribution in [2.45, 2.75) is 26.2 Å². The van der Waals surface area contributed by atoms with E-state index in [1.165, 1.54) is 5.56 Å². The molecular weight excluding hydrogens is 174 g/mol. The van der Waals surface area contributed by atoms with E-state index < -0.39 is 0 Å². The first-order valence-corrected chi connectivity index (χ1v) is 5.27. The molecule has 0 amide bonds. The average Bonchev–Trinajstić information content (AvgIpc) is 2.30. The molecule has 1 aromatic rings. The standard InChI is InChI=1S/C11H16N3/c1-2-10-8-12-11(13-9-10)14-6-4-3-5-7-14/h3,8-9H,2,4-7H2,1H3. The highest BCUT2D eigenvalue weighted by Crippen LogP contribution is 2.14. The van der Waals surface area contributed by atoms with Crippen LogP contribution in [-0.2, 0) is 6.42 Å². The molecule has 1 aromatic heterocycles. The van der Waals surface area contributed by atoms with Crippen LogP contribution in [0.15, 0.2) is 12.4 Å². The van der Waals surface area contributed by atoms with Gasteiger partial charge in [-0.25, -0.2) is 9.97 Å². The first-order valence-electron chi connectivity index (χ1n) is 5.27. The van der Waals surface area contributed by atoms with Gasteiger partial charge in [-0.15, -0.1) is 0 Å². The Bertz CT molecular complexity index is 275. The third-order valence-corrected chi connectivity index (χ3v) is 2.59. The van der Waals surface area contributed by atoms with Gasteiger partial charge in [0.25, 0.3) is 0 Å². The smallest absolute Gasteiger partial charge is 0.225 e. The summed E-state index contributed by atoms with van der Waals surface area (Å²) in [5.74, 6) is 0.885. The minimum absolute atomic E-state index is 0.885. The predicted molar refractivity (Wildman–Crippen MR) is 57.2 cm³/mol. The molecule has 1 aliphatic heterocycles. The van der Waals surface area contributed by atoms with Crippen molar-refractivity contribution in [3.63, 3.8) is 0 Å². The van der Waals surface area contributed by atoms with Gasteiger partial charge in [0.2, 0.25) is 5.95 Å². The van der Waals surface area contributed by atoms with E-state index in [4.69, 9.17) is 0 Å². The normalized spacial score (nSPS) is 17.1. The van der Waals surface area contributed by atoms with Gasteiger partial charge < -0.3 is 4.90 Å². The molecule has 0 bridgehead atoms. The van der Waals surface area contributed by atoms with Crippen molar-refractivity contribution in [2.24, 2.45) is 0 Å². The zero-order valence-electron chi connectivity index (χ0n) is 8.61. The van der Waals surface area contributed by atoms with Crippen molar-refractivity contribution in [3.05, 3.63) is 24.4 Å². The fourth-order valence-electron chi connectivity index (χ4n) is 1.64. The van der Waals surface area contributed by atoms with Crippen LogP contribution in [0.1, 0.15) is 25.3 Å². The van der Waals surface area contributed by atoms with Gasteiger partial charge in [0.15, 0.2) is 0 Å². The summed E-state index contributed by atoms with van der Waals surface area (Å²) in [6.07, 6.45) is 9.50. The second-order valence-electron chi connectivity index (χ2n) is 3.60. The molecule has 1 fully saturated rings. The third kappa shape index (κ3) is 2.03. The van der Waals surface area contributed by atoms with Crippen molar-refractivity contribution in [2.75, 3.05) is 18.0 Å². The number of piperidine rings is 1. The number of rotatable bonds is 2. The van der Waals surface area contributed by atoms with E-state index in [9.17, 15) is 0 Å². The van der Waals surface area contributed by atoms with E-state index in [1.807, 2.05) is 12.4 Å². The molecule has 0 N–H and O–H groups in total. The molecule has 1 aliphatic rings. The first-order chi connectivity index (χ1) is 6.90. The Hall–Kier alpha value is -1.12. The highest BCUT2D eigenvalue weighted by molar-refractivity contribution is 5.30. The van der Waals surface area contributed by atoms with E-state index in [1.54, 1.807) is 0 Å². The Balaban J connectivity index is 2.07. The topological polar surface area (TPSA) is 29.0 Å². The molecule has 0 saturated carbocycles. The fraction of sp³-hybridized carbons (Fsp3) is 0.545. The second kappa shape index (κ2) is 4.40. The molecule has 1 saturated heterocycles. The Labute approximate surface area is 85.2 Å². The maximum absolute atomic E-state index is 4.37. The van der Waals surface area contributed by atoms with Gasteiger partial charge >= 0.3 is 0 Å². The van der Waals surface area contributed by atoms with Crippen LogP contribution in [0, 0.1) is 6.42 Å². The molecule has 75 valence electrons. The molecular formula is C11H16N3. The largest absolute Gasteiger partial charge is 0.341 e. The molecule has 14 heavy (non-hydrogen) atoms. The van der Waals surface area contributed by atoms with Crippen LogP contribution in [0.25, 0.3) is 0 Å². The van der Waals surface area contributed by atoms with Crippen LogP contribution < -0.4 is 4.90 Å². The van der Waals surface area contributed by atoms with Crippen molar-refractivity contribution >= 4 is 5.95 Å². The summed E-state index contributed by atoms with van der Waals surface area (Å²) in [6, 6.07) is 0. The predicted octanol–water partition coefficient (Wildman–Crippen LogP) is 1.84. The minimum atomic E-state index is 0.885. The number of nitrogens with zero attached hydrogens (tertiary/aromatic N) is 3. The number of anilines is 1. The summed E-state index contributed by atoms with van der Waals surface area (Å²) >= 11 is 0. The van der Waals surface area contributed by atoms with E-state index in [-0.39, 0.29) is 0 Å². The first kappa shape index (κ1) is 9.44. The Morgan fingerprint density at radius 2 is 1.86 bits per heavy atom. The van der Waals surface area contributed by atoms with E-state index in [0.29, 0.717) is 0 Å². The molecule has 2 heterocycles. The summed E-state index contributed by atoms with van der Waals surface area (Å²) in [4.78, 5) is 11.0. The van der Waals surface area contributed by atoms with Gasteiger partial charge in [0.1, 0.15) is 0 Å². The van der Waals surface area contributed by atoms with Crippen molar-refractivity contribution in [1.82, 2.24) is 9.97 Å². The SMILES string of the molecule is CCc1cnc(N2CC[CH]CC2)nc1. The number of aromatic nitrogens is 2. The summed E-state index contributed by atoms with van der Waals surface area (Å²) < 4.78 is 0. The lowest BCUT2D eigenvalue weighted by molar-refractivity contribution is 0.661. The van der Waals surface area contributed by atoms with Crippen molar-refractivity contribution in [1.29, 1.82) is 0 Å². The van der Waals surface area contributed by atoms with Gasteiger partial charge in [-0.1, -0.05) is 6.92 Å². The zero-order valence-corrected chi connectivity index (χ0v) is 8.61. The molecule has 0 aliphatic carbocycles. The zero-order chi connectivity index (χ0) is 9.80. The van der Waals surface area contributed by atoms with E-state index in [2.05, 4.69) is 28.2 Å². The Morgan fingerprint density at radius 1 is 1.21 bits per heavy atom. The van der Waals surface area contributed by atoms with Crippen LogP contribution in [0.3, 0.4) is 0 Å². The Kier molecular flexibility index (Phi) is 2.96. The van der Waals surface area contributed by atoms with Gasteiger partial charge in [-0.05, 0) is 31.2 Å². The highest BCUT2D eigenvalue weighted by Gasteiger charge is 2.12. The minimum Gasteiger partial charge on any atom is -0.341 e. The van der Waals surface area contributed by atoms with Gasteiger partial charge in [0.05, 0.1) is 0 Å². The quantitative estimate of drug-likeness (QED) is 0.712. The number of aryl methyl sites for hydroxylation is 1. The second-order valence-corrected chi connectivity index (χ2v) is 3.60. The molecule has 3 nitrogen and oxygen atoms in total. The van der Waals surface area contributed by atoms with Crippen LogP contribution >= 0.6 is 0 Å². The maximum atomic E-state index is 4.37. The van der Waals surface area contributed by atoms with Crippen molar-refractivity contribution in [3.8, 4) is 0 Å². The molecule has 0 atom stereocenters. The van der Waals surface area contributed by atoms with Crippen LogP contribution in [0.4, 0.5) is 5.95 Å². The summed E-state index contributed by atoms with van der Waals surface area (Å²) in [7, 11) is 0. The van der Waals surface area contributed by atoms with Gasteiger partial charge in [-0.2, -0.15) is 0 Å². The van der Waals surface area contributed by atoms with Crippen LogP contribution in [0.5, 0.6) is 0 Å². The average molecular weight is 190 g/mol. The molecule has 2 rings (SSSR count). The number of hydrogen-bond donors (Lipinski definition) is 0. The molecule has 0 unspecified atom stereocenters. The summed E-state index contributed by atoms with van der Waals surface area (Å²) in [6.45, 7) is 4.24. The van der Waals surface area contributed by atoms with Crippen LogP contribution in [0.2, 0.25) is 0 Å². The molecule has 3 heteroatoms. The highest BCUT2D eigenvalue weighted by atomic mass is 15.2. The molecule has 0 spiro atoms. The van der Waals surface area contributed by atoms with E-state index >= 15 is 0 Å². The third-order valence-electron chi connectivity index (χ3n) is 2.59. The van der Waals surface area contributed by atoms with Gasteiger partial charge in [0, 0.05) is 25.5 Å². The monoisotopic (exact) mass is 190 g/mol. The maximum Gasteiger partial charge on any atom is 0.225 e. The van der Waals surface area contributed by atoms with Crippen LogP contribution in [-0.4, -0.2) is 23.1 Å². The van der Waals surface area contributed by atoms with E-state index in [0.717, 1.165) is 38.3 Å². The Morgan fingerprint density at radius 3 is 2.43 bits per heavy atom. The lowest BCUT2D eigenvalue weighted by Gasteiger charge is -2.26. The lowest BCUT2D eigenvalue weighted by atomic mass is 10.1. The summed E-state index contributed by atoms with van der Waals surface area (Å²) in [5.41, 5.74) is 1.21. The lowest BCUT2D eigenvalue weighted by Crippen LogP contribution is -2.31. The van der Waals surface area contributed by atoms with Crippen molar-refractivity contribution < 1.29 is 0 Å². The molecule has 0 aromatic carbocycles. The van der Waals surface area contributed by atoms with Gasteiger partial charge in [-0.3, -0.25) is 0 Å². The number of hydrogen-bond acceptors (Lipinski definition) is 3.